The summed E-state index contributed by atoms with van der Waals surface area (Å²) in [5, 5.41) is 0. The van der Waals surface area contributed by atoms with Gasteiger partial charge in [-0.1, -0.05) is 43.2 Å². The average molecular weight is 325 g/mol. The highest BCUT2D eigenvalue weighted by atomic mass is 28.4. The fraction of sp³-hybridized carbons (Fsp3) is 0.667. The zero-order chi connectivity index (χ0) is 16.1. The summed E-state index contributed by atoms with van der Waals surface area (Å²) in [5.74, 6) is 0. The molecule has 1 aromatic rings. The van der Waals surface area contributed by atoms with E-state index in [4.69, 9.17) is 13.3 Å². The summed E-state index contributed by atoms with van der Waals surface area (Å²) < 4.78 is 17.6. The molecule has 0 saturated carbocycles. The molecule has 0 fully saturated rings. The summed E-state index contributed by atoms with van der Waals surface area (Å²) in [6.07, 6.45) is 6.02. The molecule has 0 amide bonds. The van der Waals surface area contributed by atoms with Gasteiger partial charge in [-0.2, -0.15) is 0 Å². The van der Waals surface area contributed by atoms with Crippen LogP contribution in [0, 0.1) is 0 Å². The lowest BCUT2D eigenvalue weighted by Gasteiger charge is -2.28. The number of hydrogen-bond acceptors (Lipinski definition) is 3. The van der Waals surface area contributed by atoms with Gasteiger partial charge in [0, 0.05) is 25.9 Å². The van der Waals surface area contributed by atoms with Gasteiger partial charge >= 0.3 is 8.80 Å². The number of hydrogen-bond donors (Lipinski definition) is 0. The van der Waals surface area contributed by atoms with E-state index in [-0.39, 0.29) is 0 Å². The zero-order valence-electron chi connectivity index (χ0n) is 14.5. The van der Waals surface area contributed by atoms with Crippen LogP contribution < -0.4 is 0 Å². The van der Waals surface area contributed by atoms with E-state index in [1.807, 2.05) is 20.8 Å². The van der Waals surface area contributed by atoms with Gasteiger partial charge < -0.3 is 13.3 Å². The van der Waals surface area contributed by atoms with Crippen LogP contribution in [-0.4, -0.2) is 28.6 Å². The Kier molecular flexibility index (Phi) is 10.4. The van der Waals surface area contributed by atoms with Crippen LogP contribution in [0.5, 0.6) is 0 Å². The quantitative estimate of drug-likeness (QED) is 0.384. The van der Waals surface area contributed by atoms with Gasteiger partial charge in [-0.25, -0.2) is 0 Å². The topological polar surface area (TPSA) is 27.7 Å². The van der Waals surface area contributed by atoms with Crippen molar-refractivity contribution in [2.75, 3.05) is 19.8 Å². The van der Waals surface area contributed by atoms with Crippen LogP contribution in [0.25, 0.3) is 0 Å². The minimum Gasteiger partial charge on any atom is -0.374 e. The molecule has 0 aliphatic rings. The van der Waals surface area contributed by atoms with Crippen LogP contribution in [0.2, 0.25) is 6.04 Å². The molecule has 3 nitrogen and oxygen atoms in total. The summed E-state index contributed by atoms with van der Waals surface area (Å²) in [6, 6.07) is 11.6. The summed E-state index contributed by atoms with van der Waals surface area (Å²) in [5.41, 5.74) is 1.43. The Morgan fingerprint density at radius 2 is 1.27 bits per heavy atom. The van der Waals surface area contributed by atoms with Gasteiger partial charge in [-0.05, 0) is 45.6 Å². The second-order valence-electron chi connectivity index (χ2n) is 5.38. The first-order valence-electron chi connectivity index (χ1n) is 8.72. The molecule has 0 aliphatic heterocycles. The molecule has 0 spiro atoms. The van der Waals surface area contributed by atoms with Crippen molar-refractivity contribution in [1.29, 1.82) is 0 Å². The normalized spacial score (nSPS) is 11.8. The van der Waals surface area contributed by atoms with E-state index in [1.165, 1.54) is 31.2 Å². The summed E-state index contributed by atoms with van der Waals surface area (Å²) >= 11 is 0. The monoisotopic (exact) mass is 324 g/mol. The Hall–Kier alpha value is -0.683. The highest BCUT2D eigenvalue weighted by Crippen LogP contribution is 2.20. The second-order valence-corrected chi connectivity index (χ2v) is 8.11. The van der Waals surface area contributed by atoms with Crippen molar-refractivity contribution in [3.8, 4) is 0 Å². The Morgan fingerprint density at radius 3 is 1.82 bits per heavy atom. The van der Waals surface area contributed by atoms with Crippen molar-refractivity contribution in [3.63, 3.8) is 0 Å². The summed E-state index contributed by atoms with van der Waals surface area (Å²) in [7, 11) is -2.42. The third-order valence-corrected chi connectivity index (χ3v) is 6.79. The first-order chi connectivity index (χ1) is 10.8. The Morgan fingerprint density at radius 1 is 0.727 bits per heavy atom. The van der Waals surface area contributed by atoms with Crippen LogP contribution in [0.1, 0.15) is 52.0 Å². The smallest absolute Gasteiger partial charge is 0.374 e. The lowest BCUT2D eigenvalue weighted by molar-refractivity contribution is 0.0706. The Balaban J connectivity index is 2.24. The van der Waals surface area contributed by atoms with E-state index >= 15 is 0 Å². The standard InChI is InChI=1S/C18H32O3Si/c1-4-19-22(20-5-2,21-6-3)17-13-8-7-10-14-18-15-11-9-12-16-18/h9,11-12,15-16H,4-8,10,13-14,17H2,1-3H3. The van der Waals surface area contributed by atoms with E-state index in [0.29, 0.717) is 19.8 Å². The van der Waals surface area contributed by atoms with Crippen LogP contribution in [0.15, 0.2) is 30.3 Å². The molecular weight excluding hydrogens is 292 g/mol. The maximum atomic E-state index is 5.88. The molecule has 22 heavy (non-hydrogen) atoms. The number of benzene rings is 1. The van der Waals surface area contributed by atoms with E-state index in [1.54, 1.807) is 0 Å². The van der Waals surface area contributed by atoms with E-state index in [2.05, 4.69) is 30.3 Å². The zero-order valence-corrected chi connectivity index (χ0v) is 15.5. The maximum Gasteiger partial charge on any atom is 0.500 e. The molecule has 0 N–H and O–H groups in total. The average Bonchev–Trinajstić information content (AvgIpc) is 2.52. The predicted molar refractivity (Wildman–Crippen MR) is 94.1 cm³/mol. The maximum absolute atomic E-state index is 5.88. The second kappa shape index (κ2) is 11.8. The van der Waals surface area contributed by atoms with Crippen molar-refractivity contribution in [2.45, 2.75) is 58.9 Å². The van der Waals surface area contributed by atoms with Gasteiger partial charge in [0.05, 0.1) is 0 Å². The molecule has 0 radical (unpaired) electrons. The van der Waals surface area contributed by atoms with E-state index in [0.717, 1.165) is 12.5 Å². The fourth-order valence-corrected chi connectivity index (χ4v) is 5.36. The largest absolute Gasteiger partial charge is 0.500 e. The van der Waals surface area contributed by atoms with Gasteiger partial charge in [0.15, 0.2) is 0 Å². The Labute approximate surface area is 137 Å². The van der Waals surface area contributed by atoms with E-state index in [9.17, 15) is 0 Å². The number of rotatable bonds is 13. The van der Waals surface area contributed by atoms with Gasteiger partial charge in [0.2, 0.25) is 0 Å². The highest BCUT2D eigenvalue weighted by Gasteiger charge is 2.39. The first kappa shape index (κ1) is 19.4. The summed E-state index contributed by atoms with van der Waals surface area (Å²) in [6.45, 7) is 8.04. The molecule has 0 heterocycles. The lowest BCUT2D eigenvalue weighted by atomic mass is 10.1. The van der Waals surface area contributed by atoms with Crippen LogP contribution >= 0.6 is 0 Å². The fourth-order valence-electron chi connectivity index (χ4n) is 2.67. The number of aryl methyl sites for hydroxylation is 1. The van der Waals surface area contributed by atoms with Crippen molar-refractivity contribution >= 4 is 8.80 Å². The molecule has 0 saturated heterocycles. The SMILES string of the molecule is CCO[Si](CCCCCCc1ccccc1)(OCC)OCC. The molecule has 0 unspecified atom stereocenters. The molecule has 4 heteroatoms. The molecule has 0 bridgehead atoms. The lowest BCUT2D eigenvalue weighted by Crippen LogP contribution is -2.45. The van der Waals surface area contributed by atoms with Gasteiger partial charge in [0.25, 0.3) is 0 Å². The third kappa shape index (κ3) is 7.54. The third-order valence-electron chi connectivity index (χ3n) is 3.63. The summed E-state index contributed by atoms with van der Waals surface area (Å²) in [4.78, 5) is 0. The Bertz CT molecular complexity index is 353. The van der Waals surface area contributed by atoms with Gasteiger partial charge in [0.1, 0.15) is 0 Å². The van der Waals surface area contributed by atoms with Crippen molar-refractivity contribution < 1.29 is 13.3 Å². The highest BCUT2D eigenvalue weighted by molar-refractivity contribution is 6.60. The molecular formula is C18H32O3Si. The first-order valence-corrected chi connectivity index (χ1v) is 10.6. The minimum atomic E-state index is -2.42. The number of unbranched alkanes of at least 4 members (excludes halogenated alkanes) is 3. The minimum absolute atomic E-state index is 0.667. The predicted octanol–water partition coefficient (Wildman–Crippen LogP) is 4.84. The van der Waals surface area contributed by atoms with Crippen molar-refractivity contribution in [2.24, 2.45) is 0 Å². The van der Waals surface area contributed by atoms with Crippen LogP contribution in [-0.2, 0) is 19.7 Å². The van der Waals surface area contributed by atoms with Crippen molar-refractivity contribution in [1.82, 2.24) is 0 Å². The molecule has 0 aromatic heterocycles. The van der Waals surface area contributed by atoms with Crippen LogP contribution in [0.4, 0.5) is 0 Å². The molecule has 1 aromatic carbocycles. The molecule has 1 rings (SSSR count). The molecule has 0 atom stereocenters. The molecule has 0 aliphatic carbocycles. The van der Waals surface area contributed by atoms with Crippen LogP contribution in [0.3, 0.4) is 0 Å². The van der Waals surface area contributed by atoms with Gasteiger partial charge in [-0.15, -0.1) is 0 Å². The van der Waals surface area contributed by atoms with Gasteiger partial charge in [-0.3, -0.25) is 0 Å². The molecule has 126 valence electrons. The van der Waals surface area contributed by atoms with Crippen molar-refractivity contribution in [3.05, 3.63) is 35.9 Å². The van der Waals surface area contributed by atoms with E-state index < -0.39 is 8.80 Å².